The number of carboxylic acid groups (broad SMARTS) is 1. The lowest BCUT2D eigenvalue weighted by Crippen LogP contribution is -2.44. The first-order valence-corrected chi connectivity index (χ1v) is 30.4. The largest absolute Gasteiger partial charge is 0.545 e. The van der Waals surface area contributed by atoms with Gasteiger partial charge in [-0.05, 0) is 96.3 Å². The van der Waals surface area contributed by atoms with Gasteiger partial charge in [-0.2, -0.15) is 0 Å². The molecule has 9 heteroatoms. The fraction of sp³-hybridized carbons (Fsp3) is 0.712. The van der Waals surface area contributed by atoms with E-state index in [0.717, 1.165) is 83.5 Å². The highest BCUT2D eigenvalue weighted by Gasteiger charge is 2.22. The first kappa shape index (κ1) is 71.2. The monoisotopic (exact) mass is 1050 g/mol. The van der Waals surface area contributed by atoms with E-state index in [2.05, 4.69) is 111 Å². The van der Waals surface area contributed by atoms with E-state index in [1.807, 2.05) is 21.1 Å². The molecule has 2 atom stereocenters. The second-order valence-electron chi connectivity index (χ2n) is 21.3. The number of hydrogen-bond acceptors (Lipinski definition) is 8. The lowest BCUT2D eigenvalue weighted by atomic mass is 10.0. The minimum Gasteiger partial charge on any atom is -0.545 e. The van der Waals surface area contributed by atoms with Gasteiger partial charge >= 0.3 is 11.9 Å². The number of carbonyl (C=O) groups excluding carboxylic acids is 3. The van der Waals surface area contributed by atoms with Crippen LogP contribution in [-0.4, -0.2) is 82.3 Å². The number of likely N-dealkylation sites (N-methyl/N-ethyl adjacent to an activating group) is 1. The summed E-state index contributed by atoms with van der Waals surface area (Å²) >= 11 is 0. The second kappa shape index (κ2) is 56.4. The number of carboxylic acids is 1. The number of unbranched alkanes of at least 4 members (excludes halogenated alkanes) is 24. The van der Waals surface area contributed by atoms with Gasteiger partial charge < -0.3 is 33.3 Å². The summed E-state index contributed by atoms with van der Waals surface area (Å²) < 4.78 is 22.7. The summed E-state index contributed by atoms with van der Waals surface area (Å²) in [4.78, 5) is 37.3. The van der Waals surface area contributed by atoms with Crippen LogP contribution in [0.1, 0.15) is 245 Å². The quantitative estimate of drug-likeness (QED) is 0.0195. The molecule has 0 aromatic carbocycles. The molecule has 0 aromatic rings. The molecule has 0 fully saturated rings. The number of carbonyl (C=O) groups is 3. The van der Waals surface area contributed by atoms with E-state index in [9.17, 15) is 19.5 Å². The molecule has 0 saturated heterocycles. The zero-order valence-corrected chi connectivity index (χ0v) is 48.9. The predicted molar refractivity (Wildman–Crippen MR) is 315 cm³/mol. The predicted octanol–water partition coefficient (Wildman–Crippen LogP) is 16.8. The third-order valence-corrected chi connectivity index (χ3v) is 12.8. The molecule has 0 aliphatic rings. The molecule has 2 unspecified atom stereocenters. The smallest absolute Gasteiger partial charge is 0.306 e. The average molecular weight is 1050 g/mol. The normalized spacial score (nSPS) is 13.5. The number of allylic oxidation sites excluding steroid dienone is 16. The van der Waals surface area contributed by atoms with Gasteiger partial charge in [0.2, 0.25) is 0 Å². The molecule has 0 N–H and O–H groups in total. The molecule has 0 rings (SSSR count). The van der Waals surface area contributed by atoms with E-state index in [4.69, 9.17) is 18.9 Å². The van der Waals surface area contributed by atoms with E-state index in [0.29, 0.717) is 17.4 Å². The SMILES string of the molecule is CC/C=C\C/C=C\C/C=C\C/C=C\C/C=C\CCCCCC(=O)OC(COC(=O)CCCCCCCCCCCCCCCCCC/C=C\C/C=C\C/C=C\CCCCCCC)COC(OCC[N+](C)(C)C)C(=O)[O-]. The fourth-order valence-electron chi connectivity index (χ4n) is 8.16. The molecule has 0 saturated carbocycles. The van der Waals surface area contributed by atoms with Crippen molar-refractivity contribution < 1.29 is 42.9 Å². The summed E-state index contributed by atoms with van der Waals surface area (Å²) in [7, 11) is 5.91. The number of nitrogens with zero attached hydrogens (tertiary/aromatic N) is 1. The van der Waals surface area contributed by atoms with Gasteiger partial charge in [0.15, 0.2) is 12.4 Å². The van der Waals surface area contributed by atoms with E-state index in [-0.39, 0.29) is 38.6 Å². The van der Waals surface area contributed by atoms with Crippen molar-refractivity contribution in [1.29, 1.82) is 0 Å². The Labute approximate surface area is 461 Å². The summed E-state index contributed by atoms with van der Waals surface area (Å²) in [5.41, 5.74) is 0. The number of ether oxygens (including phenoxy) is 4. The molecular weight excluding hydrogens is 935 g/mol. The van der Waals surface area contributed by atoms with Crippen LogP contribution in [0.3, 0.4) is 0 Å². The van der Waals surface area contributed by atoms with Crippen molar-refractivity contribution in [3.05, 3.63) is 97.2 Å². The Morgan fingerprint density at radius 2 is 0.760 bits per heavy atom. The van der Waals surface area contributed by atoms with Crippen LogP contribution >= 0.6 is 0 Å². The standard InChI is InChI=1S/C66H113NO8/c1-6-8-10-12-14-16-18-20-22-24-26-27-28-29-30-31-32-33-34-35-36-37-39-40-42-44-46-48-50-52-54-56-63(68)73-60-62(61-74-66(65(70)71)72-59-58-67(3,4)5)75-64(69)57-55-53-51-49-47-45-43-41-38-25-23-21-19-17-15-13-11-9-7-2/h9,11,15,17-18,20-21,23-24,26,28-29,38,41,45,47,62,66H,6-8,10,12-14,16,19,22,25,27,30-37,39-40,42-44,46,48-61H2,1-5H3/b11-9-,17-15-,20-18-,23-21-,26-24-,29-28-,41-38-,47-45-. The Kier molecular flexibility index (Phi) is 53.6. The van der Waals surface area contributed by atoms with Crippen LogP contribution in [0.15, 0.2) is 97.2 Å². The molecule has 0 aliphatic heterocycles. The molecule has 0 heterocycles. The van der Waals surface area contributed by atoms with E-state index >= 15 is 0 Å². The molecule has 0 amide bonds. The number of hydrogen-bond donors (Lipinski definition) is 0. The molecule has 0 bridgehead atoms. The zero-order chi connectivity index (χ0) is 54.8. The highest BCUT2D eigenvalue weighted by Crippen LogP contribution is 2.16. The second-order valence-corrected chi connectivity index (χ2v) is 21.3. The summed E-state index contributed by atoms with van der Waals surface area (Å²) in [6.45, 7) is 4.58. The summed E-state index contributed by atoms with van der Waals surface area (Å²) in [5, 5.41) is 11.8. The maximum Gasteiger partial charge on any atom is 0.306 e. The fourth-order valence-corrected chi connectivity index (χ4v) is 8.16. The molecule has 430 valence electrons. The average Bonchev–Trinajstić information content (AvgIpc) is 3.38. The van der Waals surface area contributed by atoms with E-state index in [1.165, 1.54) is 128 Å². The van der Waals surface area contributed by atoms with Crippen LogP contribution in [0.5, 0.6) is 0 Å². The van der Waals surface area contributed by atoms with Crippen molar-refractivity contribution in [3.63, 3.8) is 0 Å². The van der Waals surface area contributed by atoms with Gasteiger partial charge in [-0.15, -0.1) is 0 Å². The van der Waals surface area contributed by atoms with Crippen LogP contribution in [0.25, 0.3) is 0 Å². The zero-order valence-electron chi connectivity index (χ0n) is 48.9. The third-order valence-electron chi connectivity index (χ3n) is 12.8. The number of aliphatic carboxylic acids is 1. The number of esters is 2. The van der Waals surface area contributed by atoms with E-state index in [1.54, 1.807) is 0 Å². The van der Waals surface area contributed by atoms with Crippen molar-refractivity contribution in [1.82, 2.24) is 0 Å². The van der Waals surface area contributed by atoms with Crippen LogP contribution in [0.2, 0.25) is 0 Å². The maximum atomic E-state index is 12.8. The Bertz CT molecular complexity index is 1550. The number of rotatable bonds is 55. The Morgan fingerprint density at radius 1 is 0.413 bits per heavy atom. The van der Waals surface area contributed by atoms with Gasteiger partial charge in [-0.3, -0.25) is 9.59 Å². The van der Waals surface area contributed by atoms with Crippen LogP contribution in [0.4, 0.5) is 0 Å². The van der Waals surface area contributed by atoms with Crippen molar-refractivity contribution in [2.24, 2.45) is 0 Å². The third kappa shape index (κ3) is 57.7. The first-order chi connectivity index (χ1) is 36.6. The van der Waals surface area contributed by atoms with Gasteiger partial charge in [0, 0.05) is 12.8 Å². The highest BCUT2D eigenvalue weighted by molar-refractivity contribution is 5.70. The van der Waals surface area contributed by atoms with Gasteiger partial charge in [-0.25, -0.2) is 0 Å². The number of quaternary nitrogens is 1. The molecule has 75 heavy (non-hydrogen) atoms. The molecule has 0 spiro atoms. The summed E-state index contributed by atoms with van der Waals surface area (Å²) in [6, 6.07) is 0. The minimum absolute atomic E-state index is 0.137. The first-order valence-electron chi connectivity index (χ1n) is 30.4. The minimum atomic E-state index is -1.64. The molecule has 0 aliphatic carbocycles. The van der Waals surface area contributed by atoms with Crippen LogP contribution in [0, 0.1) is 0 Å². The topological polar surface area (TPSA) is 111 Å². The Morgan fingerprint density at radius 3 is 1.15 bits per heavy atom. The van der Waals surface area contributed by atoms with Crippen LogP contribution < -0.4 is 5.11 Å². The van der Waals surface area contributed by atoms with Crippen molar-refractivity contribution in [3.8, 4) is 0 Å². The summed E-state index contributed by atoms with van der Waals surface area (Å²) in [6.07, 6.45) is 73.3. The molecule has 9 nitrogen and oxygen atoms in total. The highest BCUT2D eigenvalue weighted by atomic mass is 16.7. The summed E-state index contributed by atoms with van der Waals surface area (Å²) in [5.74, 6) is -2.33. The maximum absolute atomic E-state index is 12.8. The van der Waals surface area contributed by atoms with Crippen molar-refractivity contribution in [2.75, 3.05) is 47.5 Å². The van der Waals surface area contributed by atoms with E-state index < -0.39 is 24.3 Å². The molecular formula is C66H113NO8. The van der Waals surface area contributed by atoms with Crippen molar-refractivity contribution >= 4 is 17.9 Å². The lowest BCUT2D eigenvalue weighted by Gasteiger charge is -2.26. The lowest BCUT2D eigenvalue weighted by molar-refractivity contribution is -0.870. The molecule has 0 aromatic heterocycles. The molecule has 0 radical (unpaired) electrons. The van der Waals surface area contributed by atoms with Gasteiger partial charge in [0.25, 0.3) is 0 Å². The van der Waals surface area contributed by atoms with Gasteiger partial charge in [-0.1, -0.05) is 233 Å². The van der Waals surface area contributed by atoms with Crippen molar-refractivity contribution in [2.45, 2.75) is 257 Å². The Balaban J connectivity index is 4.20. The van der Waals surface area contributed by atoms with Gasteiger partial charge in [0.05, 0.1) is 40.3 Å². The Hall–Kier alpha value is -3.79. The van der Waals surface area contributed by atoms with Crippen LogP contribution in [-0.2, 0) is 33.3 Å². The van der Waals surface area contributed by atoms with Gasteiger partial charge in [0.1, 0.15) is 13.2 Å².